The number of aromatic nitrogens is 2. The number of hydrogen-bond donors (Lipinski definition) is 0. The SMILES string of the molecule is Cc1ccccc1-c1cc(N=Cc2ccccc2)cn[n+]1C. The smallest absolute Gasteiger partial charge is 0.241 e. The molecule has 3 aromatic rings. The number of aliphatic imine (C=N–C) groups is 1. The van der Waals surface area contributed by atoms with Crippen LogP contribution in [0.4, 0.5) is 5.69 Å². The van der Waals surface area contributed by atoms with Gasteiger partial charge in [0.15, 0.2) is 7.05 Å². The maximum absolute atomic E-state index is 4.53. The first-order chi connectivity index (χ1) is 10.7. The lowest BCUT2D eigenvalue weighted by Gasteiger charge is -2.03. The minimum absolute atomic E-state index is 0.847. The Kier molecular flexibility index (Phi) is 4.05. The third-order valence-corrected chi connectivity index (χ3v) is 3.58. The summed E-state index contributed by atoms with van der Waals surface area (Å²) in [7, 11) is 1.95. The second-order valence-electron chi connectivity index (χ2n) is 5.21. The molecule has 0 spiro atoms. The molecule has 3 nitrogen and oxygen atoms in total. The van der Waals surface area contributed by atoms with E-state index in [1.54, 1.807) is 6.20 Å². The molecule has 0 unspecified atom stereocenters. The summed E-state index contributed by atoms with van der Waals surface area (Å²) in [6.45, 7) is 2.11. The Hall–Kier alpha value is -2.81. The lowest BCUT2D eigenvalue weighted by Crippen LogP contribution is -2.35. The fourth-order valence-electron chi connectivity index (χ4n) is 2.35. The van der Waals surface area contributed by atoms with Gasteiger partial charge >= 0.3 is 0 Å². The van der Waals surface area contributed by atoms with Gasteiger partial charge in [-0.25, -0.2) is 0 Å². The van der Waals surface area contributed by atoms with Crippen LogP contribution in [0.15, 0.2) is 71.9 Å². The Morgan fingerprint density at radius 1 is 1.00 bits per heavy atom. The number of rotatable bonds is 3. The highest BCUT2D eigenvalue weighted by atomic mass is 15.2. The van der Waals surface area contributed by atoms with Crippen molar-refractivity contribution >= 4 is 11.9 Å². The highest BCUT2D eigenvalue weighted by Gasteiger charge is 2.14. The maximum Gasteiger partial charge on any atom is 0.241 e. The molecule has 3 heteroatoms. The molecule has 0 N–H and O–H groups in total. The standard InChI is InChI=1S/C19H18N3/c1-15-8-6-7-11-18(15)19-12-17(14-21-22(19)2)20-13-16-9-4-3-5-10-16/h3-14H,1-2H3/q+1. The fraction of sp³-hybridized carbons (Fsp3) is 0.105. The summed E-state index contributed by atoms with van der Waals surface area (Å²) < 4.78 is 1.88. The van der Waals surface area contributed by atoms with Crippen LogP contribution in [0.5, 0.6) is 0 Å². The third-order valence-electron chi connectivity index (χ3n) is 3.58. The van der Waals surface area contributed by atoms with Crippen molar-refractivity contribution in [2.75, 3.05) is 0 Å². The van der Waals surface area contributed by atoms with Gasteiger partial charge in [-0.05, 0) is 29.2 Å². The Morgan fingerprint density at radius 3 is 2.50 bits per heavy atom. The molecule has 0 bridgehead atoms. The predicted octanol–water partition coefficient (Wildman–Crippen LogP) is 3.63. The van der Waals surface area contributed by atoms with E-state index in [0.717, 1.165) is 16.9 Å². The first-order valence-electron chi connectivity index (χ1n) is 7.25. The minimum atomic E-state index is 0.847. The fourth-order valence-corrected chi connectivity index (χ4v) is 2.35. The van der Waals surface area contributed by atoms with Crippen LogP contribution in [0.2, 0.25) is 0 Å². The molecule has 2 aromatic carbocycles. The van der Waals surface area contributed by atoms with Crippen molar-refractivity contribution in [1.29, 1.82) is 0 Å². The van der Waals surface area contributed by atoms with Crippen molar-refractivity contribution in [3.8, 4) is 11.3 Å². The molecule has 0 atom stereocenters. The van der Waals surface area contributed by atoms with Crippen molar-refractivity contribution < 1.29 is 4.68 Å². The van der Waals surface area contributed by atoms with Crippen molar-refractivity contribution in [3.63, 3.8) is 0 Å². The van der Waals surface area contributed by atoms with Gasteiger partial charge in [0.25, 0.3) is 0 Å². The molecule has 22 heavy (non-hydrogen) atoms. The molecule has 0 fully saturated rings. The summed E-state index contributed by atoms with van der Waals surface area (Å²) >= 11 is 0. The van der Waals surface area contributed by atoms with E-state index in [4.69, 9.17) is 0 Å². The van der Waals surface area contributed by atoms with E-state index in [1.807, 2.05) is 60.4 Å². The zero-order chi connectivity index (χ0) is 15.4. The summed E-state index contributed by atoms with van der Waals surface area (Å²) in [5.74, 6) is 0. The molecule has 1 heterocycles. The van der Waals surface area contributed by atoms with E-state index in [0.29, 0.717) is 0 Å². The molecular weight excluding hydrogens is 270 g/mol. The van der Waals surface area contributed by atoms with Gasteiger partial charge in [-0.3, -0.25) is 4.99 Å². The summed E-state index contributed by atoms with van der Waals surface area (Å²) in [6, 6.07) is 20.4. The van der Waals surface area contributed by atoms with Gasteiger partial charge in [0.2, 0.25) is 5.69 Å². The zero-order valence-corrected chi connectivity index (χ0v) is 12.8. The Bertz CT molecular complexity index is 808. The van der Waals surface area contributed by atoms with E-state index in [9.17, 15) is 0 Å². The first kappa shape index (κ1) is 14.1. The Morgan fingerprint density at radius 2 is 1.73 bits per heavy atom. The molecule has 1 aromatic heterocycles. The number of nitrogens with zero attached hydrogens (tertiary/aromatic N) is 3. The summed E-state index contributed by atoms with van der Waals surface area (Å²) in [5.41, 5.74) is 5.38. The molecule has 0 saturated carbocycles. The second-order valence-corrected chi connectivity index (χ2v) is 5.21. The van der Waals surface area contributed by atoms with E-state index in [2.05, 4.69) is 35.2 Å². The van der Waals surface area contributed by atoms with Crippen LogP contribution in [0.3, 0.4) is 0 Å². The van der Waals surface area contributed by atoms with Crippen LogP contribution in [0.1, 0.15) is 11.1 Å². The van der Waals surface area contributed by atoms with Gasteiger partial charge in [0.05, 0.1) is 11.3 Å². The molecule has 0 aliphatic carbocycles. The van der Waals surface area contributed by atoms with Crippen molar-refractivity contribution in [2.24, 2.45) is 12.0 Å². The second kappa shape index (κ2) is 6.31. The minimum Gasteiger partial charge on any atom is -0.254 e. The van der Waals surface area contributed by atoms with Gasteiger partial charge in [-0.2, -0.15) is 0 Å². The monoisotopic (exact) mass is 288 g/mol. The first-order valence-corrected chi connectivity index (χ1v) is 7.25. The predicted molar refractivity (Wildman–Crippen MR) is 89.3 cm³/mol. The Balaban J connectivity index is 1.97. The Labute approximate surface area is 130 Å². The highest BCUT2D eigenvalue weighted by molar-refractivity contribution is 5.82. The molecule has 0 aliphatic heterocycles. The average molecular weight is 288 g/mol. The molecule has 3 rings (SSSR count). The van der Waals surface area contributed by atoms with Crippen molar-refractivity contribution in [3.05, 3.63) is 78.0 Å². The zero-order valence-electron chi connectivity index (χ0n) is 12.8. The lowest BCUT2D eigenvalue weighted by molar-refractivity contribution is -0.720. The van der Waals surface area contributed by atoms with E-state index >= 15 is 0 Å². The molecule has 0 saturated heterocycles. The molecule has 0 aliphatic rings. The van der Waals surface area contributed by atoms with Crippen LogP contribution in [0, 0.1) is 6.92 Å². The van der Waals surface area contributed by atoms with Gasteiger partial charge in [0.1, 0.15) is 6.20 Å². The molecule has 108 valence electrons. The van der Waals surface area contributed by atoms with Gasteiger partial charge < -0.3 is 0 Å². The van der Waals surface area contributed by atoms with Crippen LogP contribution in [-0.4, -0.2) is 11.3 Å². The average Bonchev–Trinajstić information content (AvgIpc) is 2.56. The largest absolute Gasteiger partial charge is 0.254 e. The van der Waals surface area contributed by atoms with Crippen LogP contribution < -0.4 is 4.68 Å². The van der Waals surface area contributed by atoms with Crippen LogP contribution in [-0.2, 0) is 7.05 Å². The van der Waals surface area contributed by atoms with Crippen LogP contribution in [0.25, 0.3) is 11.3 Å². The molecule has 0 amide bonds. The summed E-state index contributed by atoms with van der Waals surface area (Å²) in [5, 5.41) is 4.41. The maximum atomic E-state index is 4.53. The van der Waals surface area contributed by atoms with E-state index in [-0.39, 0.29) is 0 Å². The van der Waals surface area contributed by atoms with Crippen molar-refractivity contribution in [1.82, 2.24) is 5.10 Å². The van der Waals surface area contributed by atoms with Crippen molar-refractivity contribution in [2.45, 2.75) is 6.92 Å². The molecular formula is C19H18N3+. The third kappa shape index (κ3) is 3.09. The highest BCUT2D eigenvalue weighted by Crippen LogP contribution is 2.22. The molecule has 0 radical (unpaired) electrons. The van der Waals surface area contributed by atoms with E-state index in [1.165, 1.54) is 11.1 Å². The lowest BCUT2D eigenvalue weighted by atomic mass is 10.1. The van der Waals surface area contributed by atoms with Gasteiger partial charge in [0, 0.05) is 12.3 Å². The summed E-state index contributed by atoms with van der Waals surface area (Å²) in [6.07, 6.45) is 3.64. The quantitative estimate of drug-likeness (QED) is 0.534. The van der Waals surface area contributed by atoms with Gasteiger partial charge in [-0.15, -0.1) is 0 Å². The number of benzene rings is 2. The normalized spacial score (nSPS) is 11.0. The van der Waals surface area contributed by atoms with Gasteiger partial charge in [-0.1, -0.05) is 53.2 Å². The summed E-state index contributed by atoms with van der Waals surface area (Å²) in [4.78, 5) is 4.53. The topological polar surface area (TPSA) is 29.1 Å². The van der Waals surface area contributed by atoms with E-state index < -0.39 is 0 Å². The number of hydrogen-bond acceptors (Lipinski definition) is 2. The number of aryl methyl sites for hydroxylation is 2. The van der Waals surface area contributed by atoms with Crippen LogP contribution >= 0.6 is 0 Å².